The molecule has 3 nitrogen and oxygen atoms in total. The minimum Gasteiger partial charge on any atom is -0.497 e. The Morgan fingerprint density at radius 3 is 2.12 bits per heavy atom. The lowest BCUT2D eigenvalue weighted by Gasteiger charge is -2.22. The van der Waals surface area contributed by atoms with Crippen molar-refractivity contribution in [1.29, 1.82) is 0 Å². The van der Waals surface area contributed by atoms with Crippen molar-refractivity contribution in [3.8, 4) is 17.2 Å². The van der Waals surface area contributed by atoms with Gasteiger partial charge in [-0.25, -0.2) is 0 Å². The van der Waals surface area contributed by atoms with Crippen LogP contribution in [0.4, 0.5) is 0 Å². The molecule has 0 aliphatic heterocycles. The normalized spacial score (nSPS) is 11.5. The van der Waals surface area contributed by atoms with E-state index < -0.39 is 0 Å². The topological polar surface area (TPSA) is 27.7 Å². The summed E-state index contributed by atoms with van der Waals surface area (Å²) in [4.78, 5) is 0. The first-order valence-electron chi connectivity index (χ1n) is 8.64. The van der Waals surface area contributed by atoms with E-state index in [-0.39, 0.29) is 5.41 Å². The van der Waals surface area contributed by atoms with E-state index >= 15 is 0 Å². The molecule has 3 heteroatoms. The number of unbranched alkanes of at least 4 members (excludes halogenated alkanes) is 1. The summed E-state index contributed by atoms with van der Waals surface area (Å²) >= 11 is 0. The first kappa shape index (κ1) is 18.9. The van der Waals surface area contributed by atoms with Crippen LogP contribution in [0.15, 0.2) is 60.7 Å². The van der Waals surface area contributed by atoms with Gasteiger partial charge in [0.25, 0.3) is 0 Å². The molecule has 0 N–H and O–H groups in total. The van der Waals surface area contributed by atoms with E-state index in [1.165, 1.54) is 5.56 Å². The summed E-state index contributed by atoms with van der Waals surface area (Å²) in [7, 11) is 3.35. The van der Waals surface area contributed by atoms with Crippen molar-refractivity contribution >= 4 is 0 Å². The summed E-state index contributed by atoms with van der Waals surface area (Å²) in [5.74, 6) is 2.55. The molecule has 0 saturated carbocycles. The van der Waals surface area contributed by atoms with E-state index in [1.54, 1.807) is 14.2 Å². The molecule has 0 amide bonds. The van der Waals surface area contributed by atoms with Gasteiger partial charge in [-0.2, -0.15) is 0 Å². The average Bonchev–Trinajstić information content (AvgIpc) is 2.64. The van der Waals surface area contributed by atoms with Crippen LogP contribution >= 0.6 is 0 Å². The van der Waals surface area contributed by atoms with Gasteiger partial charge in [-0.1, -0.05) is 44.2 Å². The van der Waals surface area contributed by atoms with Crippen molar-refractivity contribution < 1.29 is 14.2 Å². The molecule has 0 bridgehead atoms. The summed E-state index contributed by atoms with van der Waals surface area (Å²) in [5.41, 5.74) is 1.07. The Morgan fingerprint density at radius 1 is 0.880 bits per heavy atom. The van der Waals surface area contributed by atoms with E-state index in [2.05, 4.69) is 38.1 Å². The summed E-state index contributed by atoms with van der Waals surface area (Å²) < 4.78 is 16.5. The van der Waals surface area contributed by atoms with Gasteiger partial charge in [-0.15, -0.1) is 0 Å². The van der Waals surface area contributed by atoms with E-state index in [4.69, 9.17) is 14.2 Å². The first-order chi connectivity index (χ1) is 12.0. The van der Waals surface area contributed by atoms with Gasteiger partial charge in [0.05, 0.1) is 20.8 Å². The maximum Gasteiger partial charge on any atom is 0.122 e. The lowest BCUT2D eigenvalue weighted by Crippen LogP contribution is -2.13. The molecule has 0 radical (unpaired) electrons. The van der Waals surface area contributed by atoms with Crippen molar-refractivity contribution in [2.24, 2.45) is 0 Å². The molecule has 0 aliphatic carbocycles. The Morgan fingerprint density at radius 2 is 1.52 bits per heavy atom. The predicted octanol–water partition coefficient (Wildman–Crippen LogP) is 5.40. The number of para-hydroxylation sites is 1. The number of methoxy groups -OCH3 is 2. The number of allylic oxidation sites excluding steroid dienone is 2. The monoisotopic (exact) mass is 340 g/mol. The van der Waals surface area contributed by atoms with Gasteiger partial charge in [0.1, 0.15) is 17.2 Å². The molecule has 25 heavy (non-hydrogen) atoms. The number of hydrogen-bond donors (Lipinski definition) is 0. The van der Waals surface area contributed by atoms with Gasteiger partial charge >= 0.3 is 0 Å². The zero-order chi connectivity index (χ0) is 18.1. The largest absolute Gasteiger partial charge is 0.497 e. The van der Waals surface area contributed by atoms with Gasteiger partial charge in [0, 0.05) is 11.5 Å². The number of rotatable bonds is 9. The van der Waals surface area contributed by atoms with Crippen molar-refractivity contribution in [2.45, 2.75) is 32.1 Å². The molecule has 0 unspecified atom stereocenters. The highest BCUT2D eigenvalue weighted by Crippen LogP contribution is 2.32. The van der Waals surface area contributed by atoms with Crippen molar-refractivity contribution in [2.75, 3.05) is 20.8 Å². The Balaban J connectivity index is 1.88. The fourth-order valence-electron chi connectivity index (χ4n) is 2.56. The molecule has 0 heterocycles. The molecular formula is C22H28O3. The SMILES string of the molecule is COc1cc(OC)cc(C(C)(C)/C=C\CCCOc2ccccc2)c1. The minimum atomic E-state index is -0.0951. The molecule has 0 spiro atoms. The lowest BCUT2D eigenvalue weighted by molar-refractivity contribution is 0.312. The van der Waals surface area contributed by atoms with Crippen LogP contribution in [-0.4, -0.2) is 20.8 Å². The van der Waals surface area contributed by atoms with Gasteiger partial charge in [0.2, 0.25) is 0 Å². The Hall–Kier alpha value is -2.42. The van der Waals surface area contributed by atoms with E-state index in [9.17, 15) is 0 Å². The quantitative estimate of drug-likeness (QED) is 0.452. The molecule has 0 fully saturated rings. The van der Waals surface area contributed by atoms with Crippen molar-refractivity contribution in [1.82, 2.24) is 0 Å². The second-order valence-corrected chi connectivity index (χ2v) is 6.53. The van der Waals surface area contributed by atoms with E-state index in [1.807, 2.05) is 36.4 Å². The molecule has 2 aromatic carbocycles. The van der Waals surface area contributed by atoms with E-state index in [0.717, 1.165) is 36.7 Å². The van der Waals surface area contributed by atoms with Gasteiger partial charge < -0.3 is 14.2 Å². The number of benzene rings is 2. The molecule has 2 rings (SSSR count). The van der Waals surface area contributed by atoms with Crippen LogP contribution < -0.4 is 14.2 Å². The van der Waals surface area contributed by atoms with Crippen LogP contribution in [0.5, 0.6) is 17.2 Å². The van der Waals surface area contributed by atoms with Crippen LogP contribution in [0.3, 0.4) is 0 Å². The predicted molar refractivity (Wildman–Crippen MR) is 103 cm³/mol. The minimum absolute atomic E-state index is 0.0951. The fraction of sp³-hybridized carbons (Fsp3) is 0.364. The second-order valence-electron chi connectivity index (χ2n) is 6.53. The summed E-state index contributed by atoms with van der Waals surface area (Å²) in [5, 5.41) is 0. The zero-order valence-electron chi connectivity index (χ0n) is 15.6. The third-order valence-corrected chi connectivity index (χ3v) is 4.16. The molecule has 0 atom stereocenters. The summed E-state index contributed by atoms with van der Waals surface area (Å²) in [6, 6.07) is 15.9. The second kappa shape index (κ2) is 9.16. The standard InChI is InChI=1S/C22H28O3/c1-22(2,18-15-20(23-3)17-21(16-18)24-4)13-9-6-10-14-25-19-11-7-5-8-12-19/h5,7-9,11-13,15-17H,6,10,14H2,1-4H3/b13-9-. The molecule has 134 valence electrons. The average molecular weight is 340 g/mol. The molecular weight excluding hydrogens is 312 g/mol. The lowest BCUT2D eigenvalue weighted by atomic mass is 9.84. The molecule has 0 aliphatic rings. The van der Waals surface area contributed by atoms with Gasteiger partial charge in [0.15, 0.2) is 0 Å². The highest BCUT2D eigenvalue weighted by atomic mass is 16.5. The van der Waals surface area contributed by atoms with Crippen LogP contribution in [0.1, 0.15) is 32.3 Å². The maximum atomic E-state index is 5.72. The highest BCUT2D eigenvalue weighted by Gasteiger charge is 2.18. The highest BCUT2D eigenvalue weighted by molar-refractivity contribution is 5.43. The Bertz CT molecular complexity index is 653. The number of hydrogen-bond acceptors (Lipinski definition) is 3. The Kier molecular flexibility index (Phi) is 6.93. The fourth-order valence-corrected chi connectivity index (χ4v) is 2.56. The van der Waals surface area contributed by atoms with E-state index in [0.29, 0.717) is 0 Å². The van der Waals surface area contributed by atoms with Crippen molar-refractivity contribution in [3.05, 3.63) is 66.2 Å². The van der Waals surface area contributed by atoms with Crippen molar-refractivity contribution in [3.63, 3.8) is 0 Å². The van der Waals surface area contributed by atoms with Gasteiger partial charge in [-0.3, -0.25) is 0 Å². The molecule has 0 saturated heterocycles. The molecule has 2 aromatic rings. The molecule has 0 aromatic heterocycles. The third kappa shape index (κ3) is 5.86. The zero-order valence-corrected chi connectivity index (χ0v) is 15.6. The van der Waals surface area contributed by atoms with Crippen LogP contribution in [0.2, 0.25) is 0 Å². The number of ether oxygens (including phenoxy) is 3. The van der Waals surface area contributed by atoms with Crippen LogP contribution in [-0.2, 0) is 5.41 Å². The summed E-state index contributed by atoms with van der Waals surface area (Å²) in [6.45, 7) is 5.11. The summed E-state index contributed by atoms with van der Waals surface area (Å²) in [6.07, 6.45) is 6.43. The smallest absolute Gasteiger partial charge is 0.122 e. The van der Waals surface area contributed by atoms with Gasteiger partial charge in [-0.05, 0) is 42.7 Å². The van der Waals surface area contributed by atoms with Crippen LogP contribution in [0, 0.1) is 0 Å². The van der Waals surface area contributed by atoms with Crippen LogP contribution in [0.25, 0.3) is 0 Å². The third-order valence-electron chi connectivity index (χ3n) is 4.16. The Labute approximate surface area is 151 Å². The maximum absolute atomic E-state index is 5.72. The first-order valence-corrected chi connectivity index (χ1v) is 8.64.